The number of anilines is 1. The van der Waals surface area contributed by atoms with Gasteiger partial charge in [-0.2, -0.15) is 5.10 Å². The lowest BCUT2D eigenvalue weighted by atomic mass is 10.2. The van der Waals surface area contributed by atoms with Gasteiger partial charge in [-0.15, -0.1) is 11.3 Å². The number of carbonyl (C=O) groups excluding carboxylic acids is 1. The number of urea groups is 1. The first kappa shape index (κ1) is 16.6. The van der Waals surface area contributed by atoms with Crippen molar-refractivity contribution < 1.29 is 4.79 Å². The molecule has 0 unspecified atom stereocenters. The number of thiazole rings is 1. The highest BCUT2D eigenvalue weighted by molar-refractivity contribution is 7.13. The Bertz CT molecular complexity index is 887. The molecule has 9 heteroatoms. The lowest BCUT2D eigenvalue weighted by Gasteiger charge is -2.15. The Labute approximate surface area is 154 Å². The number of hydrogen-bond acceptors (Lipinski definition) is 6. The number of rotatable bonds is 6. The number of nitrogens with one attached hydrogen (secondary N) is 2. The van der Waals surface area contributed by atoms with E-state index in [1.54, 1.807) is 24.7 Å². The maximum Gasteiger partial charge on any atom is 0.320 e. The van der Waals surface area contributed by atoms with Gasteiger partial charge >= 0.3 is 6.03 Å². The molecule has 134 valence electrons. The third-order valence-electron chi connectivity index (χ3n) is 4.34. The molecule has 0 saturated heterocycles. The maximum atomic E-state index is 12.2. The van der Waals surface area contributed by atoms with E-state index in [-0.39, 0.29) is 6.03 Å². The van der Waals surface area contributed by atoms with Crippen molar-refractivity contribution in [3.63, 3.8) is 0 Å². The van der Waals surface area contributed by atoms with Crippen LogP contribution in [0.4, 0.5) is 10.6 Å². The van der Waals surface area contributed by atoms with Gasteiger partial charge in [-0.05, 0) is 31.7 Å². The highest BCUT2D eigenvalue weighted by atomic mass is 32.1. The third-order valence-corrected chi connectivity index (χ3v) is 5.23. The van der Waals surface area contributed by atoms with Crippen molar-refractivity contribution in [3.05, 3.63) is 41.8 Å². The minimum atomic E-state index is -0.278. The smallest absolute Gasteiger partial charge is 0.320 e. The van der Waals surface area contributed by atoms with Crippen LogP contribution in [0.15, 0.2) is 36.1 Å². The molecule has 1 aliphatic carbocycles. The van der Waals surface area contributed by atoms with E-state index in [2.05, 4.69) is 37.6 Å². The molecule has 2 N–H and O–H groups in total. The molecule has 3 heterocycles. The SMILES string of the molecule is C[C@H](C1CC1)n1nccc1NC(=O)NCc1csc(-c2ncccn2)n1. The van der Waals surface area contributed by atoms with E-state index in [1.165, 1.54) is 24.2 Å². The quantitative estimate of drug-likeness (QED) is 0.696. The standard InChI is InChI=1S/C17H19N7OS/c1-11(12-3-4-12)24-14(5-8-21-24)23-17(25)20-9-13-10-26-16(22-13)15-18-6-2-7-19-15/h2,5-8,10-12H,3-4,9H2,1H3,(H2,20,23,25)/t11-/m1/s1. The molecule has 0 aliphatic heterocycles. The van der Waals surface area contributed by atoms with Crippen molar-refractivity contribution in [2.24, 2.45) is 5.92 Å². The van der Waals surface area contributed by atoms with Crippen LogP contribution in [0.2, 0.25) is 0 Å². The molecule has 0 bridgehead atoms. The van der Waals surface area contributed by atoms with Crippen molar-refractivity contribution in [1.29, 1.82) is 0 Å². The van der Waals surface area contributed by atoms with Gasteiger partial charge < -0.3 is 5.32 Å². The highest BCUT2D eigenvalue weighted by Gasteiger charge is 2.30. The zero-order valence-corrected chi connectivity index (χ0v) is 15.1. The fourth-order valence-electron chi connectivity index (χ4n) is 2.75. The Morgan fingerprint density at radius 3 is 2.92 bits per heavy atom. The minimum absolute atomic E-state index is 0.278. The fraction of sp³-hybridized carbons (Fsp3) is 0.353. The summed E-state index contributed by atoms with van der Waals surface area (Å²) in [7, 11) is 0. The predicted molar refractivity (Wildman–Crippen MR) is 98.7 cm³/mol. The summed E-state index contributed by atoms with van der Waals surface area (Å²) >= 11 is 1.45. The second-order valence-electron chi connectivity index (χ2n) is 6.26. The first-order valence-corrected chi connectivity index (χ1v) is 9.39. The van der Waals surface area contributed by atoms with E-state index in [0.717, 1.165) is 10.7 Å². The monoisotopic (exact) mass is 369 g/mol. The summed E-state index contributed by atoms with van der Waals surface area (Å²) in [5, 5.41) is 12.7. The summed E-state index contributed by atoms with van der Waals surface area (Å²) in [6.07, 6.45) is 7.52. The van der Waals surface area contributed by atoms with Crippen molar-refractivity contribution in [2.75, 3.05) is 5.32 Å². The lowest BCUT2D eigenvalue weighted by molar-refractivity contribution is 0.251. The van der Waals surface area contributed by atoms with Gasteiger partial charge in [0.25, 0.3) is 0 Å². The van der Waals surface area contributed by atoms with Crippen molar-refractivity contribution >= 4 is 23.2 Å². The van der Waals surface area contributed by atoms with Crippen LogP contribution >= 0.6 is 11.3 Å². The average molecular weight is 369 g/mol. The number of nitrogens with zero attached hydrogens (tertiary/aromatic N) is 5. The summed E-state index contributed by atoms with van der Waals surface area (Å²) in [5.41, 5.74) is 0.771. The van der Waals surface area contributed by atoms with Crippen LogP contribution in [-0.4, -0.2) is 30.8 Å². The van der Waals surface area contributed by atoms with Crippen LogP contribution in [-0.2, 0) is 6.54 Å². The first-order chi connectivity index (χ1) is 12.7. The summed E-state index contributed by atoms with van der Waals surface area (Å²) in [6.45, 7) is 2.47. The zero-order chi connectivity index (χ0) is 17.9. The minimum Gasteiger partial charge on any atom is -0.332 e. The van der Waals surface area contributed by atoms with Crippen LogP contribution in [0.1, 0.15) is 31.5 Å². The summed E-state index contributed by atoms with van der Waals surface area (Å²) < 4.78 is 1.88. The van der Waals surface area contributed by atoms with Gasteiger partial charge in [0.15, 0.2) is 10.8 Å². The van der Waals surface area contributed by atoms with Crippen LogP contribution < -0.4 is 10.6 Å². The molecule has 1 atom stereocenters. The second kappa shape index (κ2) is 7.20. The molecule has 26 heavy (non-hydrogen) atoms. The van der Waals surface area contributed by atoms with E-state index in [4.69, 9.17) is 0 Å². The van der Waals surface area contributed by atoms with E-state index in [9.17, 15) is 4.79 Å². The van der Waals surface area contributed by atoms with Crippen molar-refractivity contribution in [2.45, 2.75) is 32.4 Å². The topological polar surface area (TPSA) is 97.6 Å². The van der Waals surface area contributed by atoms with Gasteiger partial charge in [0.2, 0.25) is 0 Å². The molecule has 0 aromatic carbocycles. The number of carbonyl (C=O) groups is 1. The normalized spacial score (nSPS) is 14.8. The molecule has 0 radical (unpaired) electrons. The van der Waals surface area contributed by atoms with Gasteiger partial charge in [-0.3, -0.25) is 5.32 Å². The Morgan fingerprint density at radius 1 is 1.35 bits per heavy atom. The van der Waals surface area contributed by atoms with E-state index in [1.807, 2.05) is 16.1 Å². The molecule has 0 spiro atoms. The average Bonchev–Trinajstić information content (AvgIpc) is 3.23. The molecule has 1 saturated carbocycles. The van der Waals surface area contributed by atoms with Gasteiger partial charge in [-0.25, -0.2) is 24.4 Å². The van der Waals surface area contributed by atoms with Crippen molar-refractivity contribution in [1.82, 2.24) is 30.0 Å². The van der Waals surface area contributed by atoms with E-state index < -0.39 is 0 Å². The van der Waals surface area contributed by atoms with Gasteiger partial charge in [-0.1, -0.05) is 0 Å². The molecule has 3 aromatic heterocycles. The number of aromatic nitrogens is 5. The van der Waals surface area contributed by atoms with E-state index in [0.29, 0.717) is 30.1 Å². The first-order valence-electron chi connectivity index (χ1n) is 8.51. The van der Waals surface area contributed by atoms with Crippen LogP contribution in [0, 0.1) is 5.92 Å². The molecule has 1 aliphatic rings. The van der Waals surface area contributed by atoms with Crippen LogP contribution in [0.25, 0.3) is 10.8 Å². The van der Waals surface area contributed by atoms with Crippen LogP contribution in [0.3, 0.4) is 0 Å². The van der Waals surface area contributed by atoms with Gasteiger partial charge in [0, 0.05) is 23.8 Å². The van der Waals surface area contributed by atoms with E-state index >= 15 is 0 Å². The summed E-state index contributed by atoms with van der Waals surface area (Å²) in [5.74, 6) is 1.96. The summed E-state index contributed by atoms with van der Waals surface area (Å²) in [6, 6.07) is 3.60. The second-order valence-corrected chi connectivity index (χ2v) is 7.12. The third kappa shape index (κ3) is 3.72. The lowest BCUT2D eigenvalue weighted by Crippen LogP contribution is -2.29. The maximum absolute atomic E-state index is 12.2. The van der Waals surface area contributed by atoms with Gasteiger partial charge in [0.05, 0.1) is 24.5 Å². The molecule has 2 amide bonds. The fourth-order valence-corrected chi connectivity index (χ4v) is 3.51. The Morgan fingerprint density at radius 2 is 2.15 bits per heavy atom. The Hall–Kier alpha value is -2.81. The van der Waals surface area contributed by atoms with Crippen molar-refractivity contribution in [3.8, 4) is 10.8 Å². The largest absolute Gasteiger partial charge is 0.332 e. The van der Waals surface area contributed by atoms with Crippen LogP contribution in [0.5, 0.6) is 0 Å². The molecular formula is C17H19N7OS. The highest BCUT2D eigenvalue weighted by Crippen LogP contribution is 2.40. The Kier molecular flexibility index (Phi) is 4.61. The summed E-state index contributed by atoms with van der Waals surface area (Å²) in [4.78, 5) is 25.0. The molecule has 4 rings (SSSR count). The number of amides is 2. The predicted octanol–water partition coefficient (Wildman–Crippen LogP) is 3.09. The number of hydrogen-bond donors (Lipinski definition) is 2. The molecule has 8 nitrogen and oxygen atoms in total. The van der Waals surface area contributed by atoms with Gasteiger partial charge in [0.1, 0.15) is 5.82 Å². The Balaban J connectivity index is 1.34. The molecule has 3 aromatic rings. The molecule has 1 fully saturated rings. The molecular weight excluding hydrogens is 350 g/mol. The zero-order valence-electron chi connectivity index (χ0n) is 14.3.